The molecule has 3 heterocycles. The van der Waals surface area contributed by atoms with E-state index in [1.165, 1.54) is 14.2 Å². The van der Waals surface area contributed by atoms with E-state index in [9.17, 15) is 24.0 Å². The quantitative estimate of drug-likeness (QED) is 0.117. The van der Waals surface area contributed by atoms with Crippen molar-refractivity contribution >= 4 is 52.3 Å². The second-order valence-electron chi connectivity index (χ2n) is 15.9. The van der Waals surface area contributed by atoms with Crippen LogP contribution in [0.4, 0.5) is 21.0 Å². The number of hydrogen-bond acceptors (Lipinski definition) is 9. The van der Waals surface area contributed by atoms with Gasteiger partial charge in [0.25, 0.3) is 0 Å². The number of aromatic nitrogens is 2. The SMILES string of the molecule is COC(=O)N[C@H](C(=O)N1CCC[C@H]1C(=O)Nc1ccc(CN(Cc2ccc3nc([C@@H]4CCCN4C(=O)[C@@H](NC(=O)OC)C(C)C)[nH]c3c2)c2ccccc2)cc1)C(C)C. The Hall–Kier alpha value is -6.12. The summed E-state index contributed by atoms with van der Waals surface area (Å²) < 4.78 is 9.50. The molecule has 2 aliphatic rings. The number of aromatic amines is 1. The first kappa shape index (κ1) is 42.5. The second kappa shape index (κ2) is 19.1. The van der Waals surface area contributed by atoms with Crippen LogP contribution in [-0.2, 0) is 36.9 Å². The number of fused-ring (bicyclic) bond motifs is 1. The maximum absolute atomic E-state index is 13.7. The maximum atomic E-state index is 13.7. The van der Waals surface area contributed by atoms with Crippen LogP contribution in [-0.4, -0.2) is 95.1 Å². The lowest BCUT2D eigenvalue weighted by Crippen LogP contribution is -2.54. The summed E-state index contributed by atoms with van der Waals surface area (Å²) >= 11 is 0. The molecule has 0 radical (unpaired) electrons. The molecule has 4 aromatic rings. The predicted molar refractivity (Wildman–Crippen MR) is 224 cm³/mol. The van der Waals surface area contributed by atoms with Crippen LogP contribution in [0.3, 0.4) is 0 Å². The maximum Gasteiger partial charge on any atom is 0.407 e. The third-order valence-corrected chi connectivity index (χ3v) is 11.1. The number of benzene rings is 3. The minimum Gasteiger partial charge on any atom is -0.453 e. The molecule has 15 nitrogen and oxygen atoms in total. The van der Waals surface area contributed by atoms with E-state index >= 15 is 0 Å². The van der Waals surface area contributed by atoms with Crippen molar-refractivity contribution in [3.05, 3.63) is 89.7 Å². The van der Waals surface area contributed by atoms with Gasteiger partial charge in [0.05, 0.1) is 31.3 Å². The van der Waals surface area contributed by atoms with Crippen LogP contribution in [0.15, 0.2) is 72.8 Å². The lowest BCUT2D eigenvalue weighted by molar-refractivity contribution is -0.139. The molecule has 314 valence electrons. The van der Waals surface area contributed by atoms with Crippen LogP contribution in [0, 0.1) is 11.8 Å². The number of anilines is 2. The van der Waals surface area contributed by atoms with Gasteiger partial charge in [-0.05, 0) is 85.0 Å². The van der Waals surface area contributed by atoms with Gasteiger partial charge >= 0.3 is 12.2 Å². The van der Waals surface area contributed by atoms with E-state index in [-0.39, 0.29) is 35.6 Å². The molecule has 0 saturated carbocycles. The first-order chi connectivity index (χ1) is 28.4. The summed E-state index contributed by atoms with van der Waals surface area (Å²) in [5.41, 5.74) is 5.46. The van der Waals surface area contributed by atoms with Gasteiger partial charge < -0.3 is 45.1 Å². The van der Waals surface area contributed by atoms with Gasteiger partial charge in [0.2, 0.25) is 17.7 Å². The van der Waals surface area contributed by atoms with Crippen molar-refractivity contribution in [3.8, 4) is 0 Å². The van der Waals surface area contributed by atoms with E-state index in [1.807, 2.05) is 81.1 Å². The average Bonchev–Trinajstić information content (AvgIpc) is 4.02. The third kappa shape index (κ3) is 10.1. The molecule has 6 rings (SSSR count). The fourth-order valence-electron chi connectivity index (χ4n) is 7.94. The van der Waals surface area contributed by atoms with Crippen molar-refractivity contribution in [3.63, 3.8) is 0 Å². The van der Waals surface area contributed by atoms with Crippen LogP contribution < -0.4 is 20.9 Å². The predicted octanol–water partition coefficient (Wildman–Crippen LogP) is 6.12. The molecule has 4 atom stereocenters. The van der Waals surface area contributed by atoms with Crippen LogP contribution >= 0.6 is 0 Å². The number of carbonyl (C=O) groups is 5. The van der Waals surface area contributed by atoms with E-state index < -0.39 is 30.3 Å². The Morgan fingerprint density at radius 1 is 0.763 bits per heavy atom. The summed E-state index contributed by atoms with van der Waals surface area (Å²) in [7, 11) is 2.54. The number of alkyl carbamates (subject to hydrolysis) is 2. The first-order valence-electron chi connectivity index (χ1n) is 20.3. The fraction of sp³-hybridized carbons (Fsp3) is 0.455. The molecular formula is C44H56N8O7. The number of methoxy groups -OCH3 is 2. The minimum atomic E-state index is -0.802. The molecule has 3 aromatic carbocycles. The minimum absolute atomic E-state index is 0.123. The van der Waals surface area contributed by atoms with Gasteiger partial charge in [0.1, 0.15) is 23.9 Å². The zero-order valence-electron chi connectivity index (χ0n) is 34.7. The number of nitrogens with one attached hydrogen (secondary N) is 4. The van der Waals surface area contributed by atoms with E-state index in [0.717, 1.165) is 46.5 Å². The average molecular weight is 809 g/mol. The molecule has 2 saturated heterocycles. The highest BCUT2D eigenvalue weighted by molar-refractivity contribution is 5.98. The molecule has 0 bridgehead atoms. The Morgan fingerprint density at radius 2 is 1.34 bits per heavy atom. The van der Waals surface area contributed by atoms with E-state index in [1.54, 1.807) is 4.90 Å². The zero-order valence-corrected chi connectivity index (χ0v) is 34.7. The van der Waals surface area contributed by atoms with E-state index in [0.29, 0.717) is 44.7 Å². The van der Waals surface area contributed by atoms with Crippen molar-refractivity contribution in [2.24, 2.45) is 11.8 Å². The molecule has 59 heavy (non-hydrogen) atoms. The number of hydrogen-bond donors (Lipinski definition) is 4. The van der Waals surface area contributed by atoms with Gasteiger partial charge in [0, 0.05) is 37.6 Å². The van der Waals surface area contributed by atoms with Crippen molar-refractivity contribution in [2.75, 3.05) is 37.5 Å². The molecule has 4 N–H and O–H groups in total. The summed E-state index contributed by atoms with van der Waals surface area (Å²) in [5.74, 6) is -0.313. The van der Waals surface area contributed by atoms with Crippen molar-refractivity contribution in [1.82, 2.24) is 30.4 Å². The number of carbonyl (C=O) groups excluding carboxylic acids is 5. The summed E-state index contributed by atoms with van der Waals surface area (Å²) in [5, 5.41) is 8.32. The number of H-pyrrole nitrogens is 1. The molecule has 0 aliphatic carbocycles. The number of amides is 5. The Labute approximate surface area is 345 Å². The van der Waals surface area contributed by atoms with Gasteiger partial charge in [-0.1, -0.05) is 64.1 Å². The normalized spacial score (nSPS) is 17.5. The number of likely N-dealkylation sites (tertiary alicyclic amines) is 2. The molecular weight excluding hydrogens is 753 g/mol. The highest BCUT2D eigenvalue weighted by Gasteiger charge is 2.40. The van der Waals surface area contributed by atoms with Crippen LogP contribution in [0.2, 0.25) is 0 Å². The Balaban J connectivity index is 1.13. The molecule has 0 spiro atoms. The summed E-state index contributed by atoms with van der Waals surface area (Å²) in [6.07, 6.45) is 1.49. The number of ether oxygens (including phenoxy) is 2. The smallest absolute Gasteiger partial charge is 0.407 e. The molecule has 2 aliphatic heterocycles. The van der Waals surface area contributed by atoms with Gasteiger partial charge in [-0.15, -0.1) is 0 Å². The second-order valence-corrected chi connectivity index (χ2v) is 15.9. The third-order valence-electron chi connectivity index (χ3n) is 11.1. The zero-order chi connectivity index (χ0) is 42.2. The lowest BCUT2D eigenvalue weighted by Gasteiger charge is -2.30. The number of nitrogens with zero attached hydrogens (tertiary/aromatic N) is 4. The van der Waals surface area contributed by atoms with Crippen LogP contribution in [0.25, 0.3) is 11.0 Å². The van der Waals surface area contributed by atoms with Gasteiger partial charge in [-0.2, -0.15) is 0 Å². The Morgan fingerprint density at radius 3 is 1.97 bits per heavy atom. The van der Waals surface area contributed by atoms with E-state index in [4.69, 9.17) is 14.5 Å². The monoisotopic (exact) mass is 808 g/mol. The van der Waals surface area contributed by atoms with Crippen LogP contribution in [0.5, 0.6) is 0 Å². The molecule has 0 unspecified atom stereocenters. The van der Waals surface area contributed by atoms with Gasteiger partial charge in [-0.3, -0.25) is 14.4 Å². The van der Waals surface area contributed by atoms with Crippen molar-refractivity contribution < 1.29 is 33.4 Å². The highest BCUT2D eigenvalue weighted by Crippen LogP contribution is 2.33. The lowest BCUT2D eigenvalue weighted by atomic mass is 10.0. The summed E-state index contributed by atoms with van der Waals surface area (Å²) in [6.45, 7) is 9.68. The number of rotatable bonds is 14. The largest absolute Gasteiger partial charge is 0.453 e. The molecule has 1 aromatic heterocycles. The van der Waals surface area contributed by atoms with Crippen molar-refractivity contribution in [1.29, 1.82) is 0 Å². The first-order valence-corrected chi connectivity index (χ1v) is 20.3. The number of para-hydroxylation sites is 1. The Kier molecular flexibility index (Phi) is 13.7. The van der Waals surface area contributed by atoms with Crippen LogP contribution in [0.1, 0.15) is 76.4 Å². The summed E-state index contributed by atoms with van der Waals surface area (Å²) in [4.78, 5) is 78.7. The van der Waals surface area contributed by atoms with Gasteiger partial charge in [0.15, 0.2) is 0 Å². The van der Waals surface area contributed by atoms with Crippen molar-refractivity contribution in [2.45, 2.75) is 90.6 Å². The molecule has 5 amide bonds. The highest BCUT2D eigenvalue weighted by atomic mass is 16.5. The standard InChI is InChI=1S/C44H56N8O7/c1-27(2)37(48-43(56)58-5)41(54)51-22-10-14-35(51)39-46-33-21-18-30(24-34(33)47-39)26-50(32-12-8-7-9-13-32)25-29-16-19-31(20-17-29)45-40(53)36-15-11-23-52(36)42(55)38(28(3)4)49-44(57)59-6/h7-9,12-13,16-21,24,27-28,35-38H,10-11,14-15,22-23,25-26H2,1-6H3,(H,45,53)(H,46,47)(H,48,56)(H,49,57)/t35-,36-,37-,38-/m0/s1. The van der Waals surface area contributed by atoms with E-state index in [2.05, 4.69) is 50.1 Å². The topological polar surface area (TPSA) is 178 Å². The fourth-order valence-corrected chi connectivity index (χ4v) is 7.94. The summed E-state index contributed by atoms with van der Waals surface area (Å²) in [6, 6.07) is 21.7. The number of imidazole rings is 1. The van der Waals surface area contributed by atoms with Gasteiger partial charge in [-0.25, -0.2) is 14.6 Å². The Bertz CT molecular complexity index is 2100. The molecule has 2 fully saturated rings. The molecule has 15 heteroatoms.